The molecule has 0 radical (unpaired) electrons. The Morgan fingerprint density at radius 1 is 0.941 bits per heavy atom. The zero-order chi connectivity index (χ0) is 13.0. The van der Waals surface area contributed by atoms with Gasteiger partial charge in [-0.15, -0.1) is 0 Å². The molecular weight excluding hydrogens is 283 g/mol. The summed E-state index contributed by atoms with van der Waals surface area (Å²) in [7, 11) is -8.28. The molecule has 0 spiro atoms. The molecule has 0 rings (SSSR count). The second-order valence-corrected chi connectivity index (χ2v) is 6.70. The average molecular weight is 300 g/mol. The van der Waals surface area contributed by atoms with E-state index in [0.717, 1.165) is 0 Å². The normalized spacial score (nSPS) is 16.0. The monoisotopic (exact) mass is 300 g/mol. The third-order valence-electron chi connectivity index (χ3n) is 1.88. The van der Waals surface area contributed by atoms with E-state index in [4.69, 9.17) is 9.11 Å². The maximum atomic E-state index is 10.6. The van der Waals surface area contributed by atoms with E-state index in [1.165, 1.54) is 13.8 Å². The fraction of sp³-hybridized carbons (Fsp3) is 1.00. The van der Waals surface area contributed by atoms with Crippen LogP contribution in [0.1, 0.15) is 15.3 Å². The fourth-order valence-corrected chi connectivity index (χ4v) is 1.42. The average Bonchev–Trinajstić information content (AvgIpc) is 2.08. The summed E-state index contributed by atoms with van der Waals surface area (Å²) in [5, 5.41) is 2.65. The Bertz CT molecular complexity index is 374. The predicted molar refractivity (Wildman–Crippen MR) is 59.1 cm³/mol. The molecule has 100 valence electrons. The van der Waals surface area contributed by atoms with Gasteiger partial charge in [-0.25, -0.2) is 0 Å². The summed E-state index contributed by atoms with van der Waals surface area (Å²) in [5.41, 5.74) is 0. The zero-order valence-electron chi connectivity index (χ0n) is 10.9. The summed E-state index contributed by atoms with van der Waals surface area (Å²) in [6.07, 6.45) is 0. The van der Waals surface area contributed by atoms with Crippen LogP contribution in [0.25, 0.3) is 0 Å². The van der Waals surface area contributed by atoms with Crippen LogP contribution >= 0.6 is 0 Å². The topological polar surface area (TPSA) is 133 Å². The van der Waals surface area contributed by atoms with Crippen LogP contribution in [0.2, 0.25) is 0 Å². The van der Waals surface area contributed by atoms with Crippen molar-refractivity contribution in [2.45, 2.75) is 24.6 Å². The SMILES string of the molecule is CC(NCCNC(C)S(=O)(=O)O)S(=O)(=O)O.[H-].[Na+]. The van der Waals surface area contributed by atoms with Crippen LogP contribution < -0.4 is 40.2 Å². The minimum Gasteiger partial charge on any atom is -1.00 e. The van der Waals surface area contributed by atoms with Crippen molar-refractivity contribution in [3.05, 3.63) is 0 Å². The summed E-state index contributed by atoms with van der Waals surface area (Å²) in [5.74, 6) is 0. The minimum absolute atomic E-state index is 0. The maximum absolute atomic E-state index is 10.6. The van der Waals surface area contributed by atoms with Crippen molar-refractivity contribution in [2.24, 2.45) is 0 Å². The molecule has 0 aromatic heterocycles. The molecule has 2 unspecified atom stereocenters. The van der Waals surface area contributed by atoms with E-state index >= 15 is 0 Å². The molecule has 0 fully saturated rings. The summed E-state index contributed by atoms with van der Waals surface area (Å²) >= 11 is 0. The number of hydrogen-bond acceptors (Lipinski definition) is 6. The Morgan fingerprint density at radius 2 is 1.18 bits per heavy atom. The van der Waals surface area contributed by atoms with Gasteiger partial charge in [0.15, 0.2) is 0 Å². The Kier molecular flexibility index (Phi) is 9.47. The molecule has 0 amide bonds. The Labute approximate surface area is 125 Å². The molecule has 0 saturated carbocycles. The minimum atomic E-state index is -4.14. The maximum Gasteiger partial charge on any atom is 1.00 e. The van der Waals surface area contributed by atoms with Gasteiger partial charge >= 0.3 is 29.6 Å². The van der Waals surface area contributed by atoms with Crippen molar-refractivity contribution in [2.75, 3.05) is 13.1 Å². The van der Waals surface area contributed by atoms with Gasteiger partial charge in [-0.3, -0.25) is 19.7 Å². The van der Waals surface area contributed by atoms with Crippen molar-refractivity contribution in [3.8, 4) is 0 Å². The molecular formula is C6H17N2NaO6S2. The first-order chi connectivity index (χ1) is 7.05. The van der Waals surface area contributed by atoms with Crippen molar-refractivity contribution in [1.82, 2.24) is 10.6 Å². The molecule has 0 saturated heterocycles. The predicted octanol–water partition coefficient (Wildman–Crippen LogP) is -4.25. The van der Waals surface area contributed by atoms with Crippen molar-refractivity contribution < 1.29 is 56.9 Å². The van der Waals surface area contributed by atoms with Crippen molar-refractivity contribution >= 4 is 20.2 Å². The molecule has 11 heteroatoms. The van der Waals surface area contributed by atoms with Crippen LogP contribution in [-0.4, -0.2) is 49.8 Å². The molecule has 17 heavy (non-hydrogen) atoms. The van der Waals surface area contributed by atoms with Crippen LogP contribution in [-0.2, 0) is 20.2 Å². The van der Waals surface area contributed by atoms with E-state index in [0.29, 0.717) is 0 Å². The van der Waals surface area contributed by atoms with E-state index in [1.807, 2.05) is 0 Å². The van der Waals surface area contributed by atoms with Crippen LogP contribution in [0, 0.1) is 0 Å². The fourth-order valence-electron chi connectivity index (χ4n) is 0.761. The number of rotatable bonds is 7. The molecule has 0 aliphatic heterocycles. The Morgan fingerprint density at radius 3 is 1.35 bits per heavy atom. The van der Waals surface area contributed by atoms with Crippen LogP contribution in [0.15, 0.2) is 0 Å². The van der Waals surface area contributed by atoms with E-state index in [2.05, 4.69) is 10.6 Å². The smallest absolute Gasteiger partial charge is 1.00 e. The van der Waals surface area contributed by atoms with Crippen molar-refractivity contribution in [3.63, 3.8) is 0 Å². The van der Waals surface area contributed by atoms with Crippen LogP contribution in [0.3, 0.4) is 0 Å². The van der Waals surface area contributed by atoms with Gasteiger partial charge in [0, 0.05) is 13.1 Å². The molecule has 0 aliphatic rings. The van der Waals surface area contributed by atoms with E-state index < -0.39 is 31.0 Å². The second-order valence-electron chi connectivity index (χ2n) is 3.22. The van der Waals surface area contributed by atoms with Gasteiger partial charge in [-0.05, 0) is 13.8 Å². The number of nitrogens with one attached hydrogen (secondary N) is 2. The van der Waals surface area contributed by atoms with Gasteiger partial charge in [0.2, 0.25) is 0 Å². The van der Waals surface area contributed by atoms with E-state index in [9.17, 15) is 16.8 Å². The largest absolute Gasteiger partial charge is 1.00 e. The molecule has 2 atom stereocenters. The van der Waals surface area contributed by atoms with Gasteiger partial charge in [0.25, 0.3) is 20.2 Å². The van der Waals surface area contributed by atoms with Gasteiger partial charge in [0.05, 0.1) is 0 Å². The number of hydrogen-bond donors (Lipinski definition) is 4. The summed E-state index contributed by atoms with van der Waals surface area (Å²) in [4.78, 5) is 0. The third-order valence-corrected chi connectivity index (χ3v) is 4.00. The summed E-state index contributed by atoms with van der Waals surface area (Å²) in [6, 6.07) is 0. The molecule has 0 heterocycles. The first-order valence-electron chi connectivity index (χ1n) is 4.44. The van der Waals surface area contributed by atoms with E-state index in [1.54, 1.807) is 0 Å². The summed E-state index contributed by atoms with van der Waals surface area (Å²) < 4.78 is 59.4. The molecule has 0 bridgehead atoms. The van der Waals surface area contributed by atoms with Gasteiger partial charge in [0.1, 0.15) is 10.7 Å². The molecule has 8 nitrogen and oxygen atoms in total. The quantitative estimate of drug-likeness (QED) is 0.211. The Hall–Kier alpha value is 0.740. The zero-order valence-corrected chi connectivity index (χ0v) is 13.5. The standard InChI is InChI=1S/C6H16N2O6S2.Na.H/c1-5(15(9,10)11)7-3-4-8-6(2)16(12,13)14;;/h5-8H,3-4H2,1-2H3,(H,9,10,11)(H,12,13,14);;/q;+1;-1. The second kappa shape index (κ2) is 8.02. The Balaban J connectivity index is -0.00000112. The van der Waals surface area contributed by atoms with Crippen molar-refractivity contribution in [1.29, 1.82) is 0 Å². The first-order valence-corrected chi connectivity index (χ1v) is 7.45. The van der Waals surface area contributed by atoms with Gasteiger partial charge in [-0.2, -0.15) is 16.8 Å². The molecule has 0 aromatic rings. The molecule has 0 aliphatic carbocycles. The third kappa shape index (κ3) is 9.33. The van der Waals surface area contributed by atoms with Crippen LogP contribution in [0.5, 0.6) is 0 Å². The molecule has 4 N–H and O–H groups in total. The van der Waals surface area contributed by atoms with Crippen LogP contribution in [0.4, 0.5) is 0 Å². The van der Waals surface area contributed by atoms with Gasteiger partial charge in [-0.1, -0.05) is 0 Å². The molecule has 0 aromatic carbocycles. The van der Waals surface area contributed by atoms with E-state index in [-0.39, 0.29) is 44.1 Å². The first kappa shape index (κ1) is 20.1. The van der Waals surface area contributed by atoms with Gasteiger partial charge < -0.3 is 1.43 Å². The summed E-state index contributed by atoms with van der Waals surface area (Å²) in [6.45, 7) is 2.75.